The van der Waals surface area contributed by atoms with Crippen LogP contribution in [-0.2, 0) is 0 Å². The second kappa shape index (κ2) is 4.45. The lowest BCUT2D eigenvalue weighted by atomic mass is 10.1. The molecule has 0 atom stereocenters. The number of hydrogen-bond acceptors (Lipinski definition) is 2. The van der Waals surface area contributed by atoms with Gasteiger partial charge in [-0.1, -0.05) is 12.1 Å². The number of nitrogens with two attached hydrogens (primary N) is 1. The molecule has 0 saturated carbocycles. The fourth-order valence-corrected chi connectivity index (χ4v) is 1.85. The Morgan fingerprint density at radius 3 is 2.47 bits per heavy atom. The van der Waals surface area contributed by atoms with Crippen LogP contribution in [0.5, 0.6) is 0 Å². The Kier molecular flexibility index (Phi) is 3.00. The number of para-hydroxylation sites is 1. The highest BCUT2D eigenvalue weighted by Gasteiger charge is 2.09. The van der Waals surface area contributed by atoms with Gasteiger partial charge in [0, 0.05) is 18.4 Å². The van der Waals surface area contributed by atoms with Crippen LogP contribution in [0.2, 0.25) is 0 Å². The highest BCUT2D eigenvalue weighted by molar-refractivity contribution is 5.67. The van der Waals surface area contributed by atoms with Crippen LogP contribution in [0.1, 0.15) is 5.56 Å². The number of aryl methyl sites for hydroxylation is 1. The lowest BCUT2D eigenvalue weighted by Crippen LogP contribution is -2.11. The number of nitrogen functional groups attached to an aromatic ring is 1. The monoisotopic (exact) mass is 230 g/mol. The molecule has 0 aliphatic heterocycles. The summed E-state index contributed by atoms with van der Waals surface area (Å²) in [5, 5.41) is 0. The summed E-state index contributed by atoms with van der Waals surface area (Å²) in [5.74, 6) is -0.241. The Labute approximate surface area is 100 Å². The zero-order valence-corrected chi connectivity index (χ0v) is 9.94. The van der Waals surface area contributed by atoms with Gasteiger partial charge in [0.15, 0.2) is 0 Å². The molecular weight excluding hydrogens is 215 g/mol. The summed E-state index contributed by atoms with van der Waals surface area (Å²) in [7, 11) is 1.83. The van der Waals surface area contributed by atoms with Gasteiger partial charge in [0.2, 0.25) is 0 Å². The Morgan fingerprint density at radius 1 is 1.12 bits per heavy atom. The first kappa shape index (κ1) is 11.5. The third kappa shape index (κ3) is 2.38. The predicted molar refractivity (Wildman–Crippen MR) is 70.1 cm³/mol. The van der Waals surface area contributed by atoms with Crippen LogP contribution in [0, 0.1) is 12.7 Å². The van der Waals surface area contributed by atoms with Gasteiger partial charge in [0.05, 0.1) is 5.69 Å². The fraction of sp³-hybridized carbons (Fsp3) is 0.143. The normalized spacial score (nSPS) is 10.3. The average Bonchev–Trinajstić information content (AvgIpc) is 2.27. The van der Waals surface area contributed by atoms with E-state index in [0.717, 1.165) is 11.3 Å². The quantitative estimate of drug-likeness (QED) is 0.800. The third-order valence-corrected chi connectivity index (χ3v) is 2.69. The standard InChI is InChI=1S/C14H15FN2/c1-10-7-11(16)9-12(8-10)17(2)14-6-4-3-5-13(14)15/h3-9H,16H2,1-2H3. The molecule has 2 nitrogen and oxygen atoms in total. The first-order valence-corrected chi connectivity index (χ1v) is 5.43. The van der Waals surface area contributed by atoms with Gasteiger partial charge in [-0.3, -0.25) is 0 Å². The molecule has 0 saturated heterocycles. The van der Waals surface area contributed by atoms with E-state index in [2.05, 4.69) is 0 Å². The zero-order valence-electron chi connectivity index (χ0n) is 9.94. The van der Waals surface area contributed by atoms with E-state index < -0.39 is 0 Å². The number of benzene rings is 2. The predicted octanol–water partition coefficient (Wildman–Crippen LogP) is 3.48. The van der Waals surface area contributed by atoms with Gasteiger partial charge in [-0.05, 0) is 42.8 Å². The summed E-state index contributed by atoms with van der Waals surface area (Å²) in [6.45, 7) is 1.97. The van der Waals surface area contributed by atoms with E-state index in [1.807, 2.05) is 38.2 Å². The van der Waals surface area contributed by atoms with Crippen LogP contribution in [0.4, 0.5) is 21.5 Å². The topological polar surface area (TPSA) is 29.3 Å². The van der Waals surface area contributed by atoms with E-state index >= 15 is 0 Å². The third-order valence-electron chi connectivity index (χ3n) is 2.69. The van der Waals surface area contributed by atoms with Crippen molar-refractivity contribution in [2.45, 2.75) is 6.92 Å². The van der Waals surface area contributed by atoms with Crippen LogP contribution in [-0.4, -0.2) is 7.05 Å². The highest BCUT2D eigenvalue weighted by atomic mass is 19.1. The van der Waals surface area contributed by atoms with E-state index in [1.54, 1.807) is 17.0 Å². The van der Waals surface area contributed by atoms with Crippen LogP contribution in [0.15, 0.2) is 42.5 Å². The number of halogens is 1. The smallest absolute Gasteiger partial charge is 0.146 e. The van der Waals surface area contributed by atoms with Crippen molar-refractivity contribution in [3.05, 3.63) is 53.8 Å². The number of anilines is 3. The van der Waals surface area contributed by atoms with Gasteiger partial charge in [0.1, 0.15) is 5.82 Å². The summed E-state index contributed by atoms with van der Waals surface area (Å²) in [5.41, 5.74) is 8.96. The summed E-state index contributed by atoms with van der Waals surface area (Å²) in [4.78, 5) is 1.79. The summed E-state index contributed by atoms with van der Waals surface area (Å²) in [6.07, 6.45) is 0. The minimum absolute atomic E-state index is 0.241. The maximum atomic E-state index is 13.7. The van der Waals surface area contributed by atoms with E-state index in [4.69, 9.17) is 5.73 Å². The molecule has 0 spiro atoms. The first-order chi connectivity index (χ1) is 8.08. The Balaban J connectivity index is 2.43. The Bertz CT molecular complexity index is 517. The average molecular weight is 230 g/mol. The molecule has 2 aromatic rings. The maximum absolute atomic E-state index is 13.7. The van der Waals surface area contributed by atoms with E-state index in [9.17, 15) is 4.39 Å². The van der Waals surface area contributed by atoms with Gasteiger partial charge in [0.25, 0.3) is 0 Å². The van der Waals surface area contributed by atoms with Crippen LogP contribution < -0.4 is 10.6 Å². The minimum atomic E-state index is -0.241. The van der Waals surface area contributed by atoms with Gasteiger partial charge < -0.3 is 10.6 Å². The van der Waals surface area contributed by atoms with Crippen molar-refractivity contribution in [1.29, 1.82) is 0 Å². The van der Waals surface area contributed by atoms with Gasteiger partial charge in [-0.2, -0.15) is 0 Å². The van der Waals surface area contributed by atoms with Crippen LogP contribution in [0.3, 0.4) is 0 Å². The van der Waals surface area contributed by atoms with Crippen molar-refractivity contribution in [1.82, 2.24) is 0 Å². The number of rotatable bonds is 2. The maximum Gasteiger partial charge on any atom is 0.146 e. The molecule has 2 N–H and O–H groups in total. The molecule has 0 aromatic heterocycles. The van der Waals surface area contributed by atoms with Crippen LogP contribution >= 0.6 is 0 Å². The second-order valence-electron chi connectivity index (χ2n) is 4.11. The first-order valence-electron chi connectivity index (χ1n) is 5.43. The Morgan fingerprint density at radius 2 is 1.82 bits per heavy atom. The van der Waals surface area contributed by atoms with Crippen molar-refractivity contribution < 1.29 is 4.39 Å². The summed E-state index contributed by atoms with van der Waals surface area (Å²) < 4.78 is 13.7. The molecule has 0 aliphatic carbocycles. The lowest BCUT2D eigenvalue weighted by molar-refractivity contribution is 0.627. The molecule has 0 radical (unpaired) electrons. The molecule has 0 heterocycles. The van der Waals surface area contributed by atoms with Crippen molar-refractivity contribution in [3.63, 3.8) is 0 Å². The number of hydrogen-bond donors (Lipinski definition) is 1. The molecule has 0 amide bonds. The molecule has 0 bridgehead atoms. The minimum Gasteiger partial charge on any atom is -0.399 e. The van der Waals surface area contributed by atoms with E-state index in [-0.39, 0.29) is 5.82 Å². The largest absolute Gasteiger partial charge is 0.399 e. The molecule has 0 aliphatic rings. The molecular formula is C14H15FN2. The van der Waals surface area contributed by atoms with Gasteiger partial charge in [-0.15, -0.1) is 0 Å². The Hall–Kier alpha value is -2.03. The molecule has 3 heteroatoms. The highest BCUT2D eigenvalue weighted by Crippen LogP contribution is 2.28. The SMILES string of the molecule is Cc1cc(N)cc(N(C)c2ccccc2F)c1. The molecule has 2 aromatic carbocycles. The molecule has 0 unspecified atom stereocenters. The van der Waals surface area contributed by atoms with Crippen molar-refractivity contribution in [3.8, 4) is 0 Å². The van der Waals surface area contributed by atoms with Crippen molar-refractivity contribution in [2.75, 3.05) is 17.7 Å². The number of nitrogens with zero attached hydrogens (tertiary/aromatic N) is 1. The molecule has 0 fully saturated rings. The summed E-state index contributed by atoms with van der Waals surface area (Å²) in [6, 6.07) is 12.4. The van der Waals surface area contributed by atoms with Crippen molar-refractivity contribution in [2.24, 2.45) is 0 Å². The van der Waals surface area contributed by atoms with Crippen LogP contribution in [0.25, 0.3) is 0 Å². The molecule has 17 heavy (non-hydrogen) atoms. The van der Waals surface area contributed by atoms with Gasteiger partial charge in [-0.25, -0.2) is 4.39 Å². The summed E-state index contributed by atoms with van der Waals surface area (Å²) >= 11 is 0. The lowest BCUT2D eigenvalue weighted by Gasteiger charge is -2.21. The fourth-order valence-electron chi connectivity index (χ4n) is 1.85. The second-order valence-corrected chi connectivity index (χ2v) is 4.11. The van der Waals surface area contributed by atoms with E-state index in [0.29, 0.717) is 11.4 Å². The zero-order chi connectivity index (χ0) is 12.4. The van der Waals surface area contributed by atoms with Crippen molar-refractivity contribution >= 4 is 17.1 Å². The van der Waals surface area contributed by atoms with Gasteiger partial charge >= 0.3 is 0 Å². The van der Waals surface area contributed by atoms with E-state index in [1.165, 1.54) is 6.07 Å². The molecule has 2 rings (SSSR count). The molecule has 88 valence electrons.